The normalized spacial score (nSPS) is 14.9. The molecule has 12 heteroatoms. The number of hydrogen-bond acceptors (Lipinski definition) is 8. The van der Waals surface area contributed by atoms with E-state index in [1.807, 2.05) is 58.9 Å². The molecule has 0 aliphatic carbocycles. The van der Waals surface area contributed by atoms with E-state index in [4.69, 9.17) is 4.74 Å². The molecule has 1 heterocycles. The summed E-state index contributed by atoms with van der Waals surface area (Å²) in [6, 6.07) is 15.4. The number of benzene rings is 3. The van der Waals surface area contributed by atoms with E-state index in [-0.39, 0.29) is 29.3 Å². The summed E-state index contributed by atoms with van der Waals surface area (Å²) in [4.78, 5) is 26.3. The number of amides is 2. The number of rotatable bonds is 8. The molecule has 3 N–H and O–H groups in total. The fourth-order valence-electron chi connectivity index (χ4n) is 4.47. The number of carbonyl (C=O) groups excluding carboxylic acids is 2. The van der Waals surface area contributed by atoms with Crippen molar-refractivity contribution in [2.45, 2.75) is 46.1 Å². The summed E-state index contributed by atoms with van der Waals surface area (Å²) in [6.07, 6.45) is 1.05. The summed E-state index contributed by atoms with van der Waals surface area (Å²) >= 11 is 0. The van der Waals surface area contributed by atoms with Gasteiger partial charge in [0.15, 0.2) is 11.8 Å². The Balaban J connectivity index is 1.57. The lowest BCUT2D eigenvalue weighted by Crippen LogP contribution is -2.32. The van der Waals surface area contributed by atoms with Gasteiger partial charge in [0.1, 0.15) is 0 Å². The van der Waals surface area contributed by atoms with Gasteiger partial charge in [0.05, 0.1) is 37.0 Å². The Hall–Kier alpha value is -4.45. The van der Waals surface area contributed by atoms with E-state index in [1.165, 1.54) is 7.11 Å². The number of nitrogens with zero attached hydrogens (tertiary/aromatic N) is 3. The van der Waals surface area contributed by atoms with Gasteiger partial charge in [0.2, 0.25) is 10.0 Å². The van der Waals surface area contributed by atoms with Crippen molar-refractivity contribution in [1.82, 2.24) is 0 Å². The third-order valence-corrected chi connectivity index (χ3v) is 7.28. The second-order valence-electron chi connectivity index (χ2n) is 11.3. The Bertz CT molecular complexity index is 1660. The van der Waals surface area contributed by atoms with Crippen molar-refractivity contribution in [2.24, 2.45) is 10.3 Å². The number of sulfonamides is 1. The summed E-state index contributed by atoms with van der Waals surface area (Å²) in [5.74, 6) is -0.525. The molecule has 222 valence electrons. The predicted octanol–water partition coefficient (Wildman–Crippen LogP) is 5.43. The molecule has 1 unspecified atom stereocenters. The minimum atomic E-state index is -3.62. The number of ether oxygens (including phenoxy) is 1. The lowest BCUT2D eigenvalue weighted by Gasteiger charge is -2.24. The Morgan fingerprint density at radius 3 is 2.36 bits per heavy atom. The van der Waals surface area contributed by atoms with Crippen LogP contribution in [-0.4, -0.2) is 46.2 Å². The maximum absolute atomic E-state index is 13.5. The first-order chi connectivity index (χ1) is 19.6. The van der Waals surface area contributed by atoms with Gasteiger partial charge in [-0.05, 0) is 72.4 Å². The largest absolute Gasteiger partial charge is 0.492 e. The van der Waals surface area contributed by atoms with Crippen LogP contribution in [0.15, 0.2) is 64.9 Å². The number of nitrogens with one attached hydrogen (secondary N) is 3. The molecule has 11 nitrogen and oxygen atoms in total. The molecule has 42 heavy (non-hydrogen) atoms. The minimum absolute atomic E-state index is 0.185. The fourth-order valence-corrected chi connectivity index (χ4v) is 5.02. The highest BCUT2D eigenvalue weighted by Crippen LogP contribution is 2.39. The number of methoxy groups -OCH3 is 1. The third kappa shape index (κ3) is 7.24. The quantitative estimate of drug-likeness (QED) is 0.319. The van der Waals surface area contributed by atoms with Gasteiger partial charge in [0.25, 0.3) is 11.8 Å². The van der Waals surface area contributed by atoms with Crippen LogP contribution in [0.5, 0.6) is 5.75 Å². The van der Waals surface area contributed by atoms with E-state index in [2.05, 4.69) is 25.7 Å². The molecule has 1 aliphatic heterocycles. The van der Waals surface area contributed by atoms with E-state index in [1.54, 1.807) is 35.3 Å². The highest BCUT2D eigenvalue weighted by Gasteiger charge is 2.29. The van der Waals surface area contributed by atoms with Crippen LogP contribution in [0.1, 0.15) is 47.8 Å². The third-order valence-electron chi connectivity index (χ3n) is 6.69. The Morgan fingerprint density at radius 1 is 1.00 bits per heavy atom. The monoisotopic (exact) mass is 592 g/mol. The van der Waals surface area contributed by atoms with E-state index in [0.29, 0.717) is 22.6 Å². The molecule has 0 fully saturated rings. The maximum atomic E-state index is 13.5. The first kappa shape index (κ1) is 30.5. The second-order valence-corrected chi connectivity index (χ2v) is 13.1. The molecule has 0 bridgehead atoms. The lowest BCUT2D eigenvalue weighted by molar-refractivity contribution is -0.117. The van der Waals surface area contributed by atoms with E-state index in [9.17, 15) is 18.0 Å². The minimum Gasteiger partial charge on any atom is -0.492 e. The molecule has 2 amide bonds. The summed E-state index contributed by atoms with van der Waals surface area (Å²) in [5.41, 5.74) is 4.50. The average Bonchev–Trinajstić information content (AvgIpc) is 3.38. The van der Waals surface area contributed by atoms with Crippen molar-refractivity contribution in [3.05, 3.63) is 76.9 Å². The van der Waals surface area contributed by atoms with Crippen molar-refractivity contribution in [3.8, 4) is 5.75 Å². The molecule has 1 aliphatic rings. The SMILES string of the molecule is COc1c(NC(=O)c2ccc(C)c(N3CC(C(=O)Nc4cccc(C)c4)N=N3)c2)cc(C(C)(C)C)cc1NS(C)(=O)=O. The zero-order valence-electron chi connectivity index (χ0n) is 24.8. The van der Waals surface area contributed by atoms with Gasteiger partial charge >= 0.3 is 0 Å². The lowest BCUT2D eigenvalue weighted by atomic mass is 9.86. The number of aryl methyl sites for hydroxylation is 2. The average molecular weight is 593 g/mol. The van der Waals surface area contributed by atoms with Crippen LogP contribution in [0.4, 0.5) is 22.7 Å². The number of hydrogen-bond donors (Lipinski definition) is 3. The first-order valence-corrected chi connectivity index (χ1v) is 15.2. The molecule has 0 saturated carbocycles. The Kier molecular flexibility index (Phi) is 8.58. The van der Waals surface area contributed by atoms with Gasteiger partial charge in [-0.15, -0.1) is 0 Å². The maximum Gasteiger partial charge on any atom is 0.255 e. The molecule has 1 atom stereocenters. The first-order valence-electron chi connectivity index (χ1n) is 13.3. The molecular weight excluding hydrogens is 556 g/mol. The molecule has 4 rings (SSSR count). The molecule has 0 spiro atoms. The molecular formula is C30H36N6O5S. The zero-order chi connectivity index (χ0) is 30.8. The van der Waals surface area contributed by atoms with Crippen LogP contribution >= 0.6 is 0 Å². The summed E-state index contributed by atoms with van der Waals surface area (Å²) in [7, 11) is -2.21. The zero-order valence-corrected chi connectivity index (χ0v) is 25.6. The van der Waals surface area contributed by atoms with E-state index >= 15 is 0 Å². The highest BCUT2D eigenvalue weighted by atomic mass is 32.2. The van der Waals surface area contributed by atoms with Crippen LogP contribution in [0.25, 0.3) is 0 Å². The van der Waals surface area contributed by atoms with Gasteiger partial charge in [-0.1, -0.05) is 44.2 Å². The van der Waals surface area contributed by atoms with Gasteiger partial charge in [-0.25, -0.2) is 13.4 Å². The Morgan fingerprint density at radius 2 is 1.71 bits per heavy atom. The van der Waals surface area contributed by atoms with Crippen LogP contribution in [0.3, 0.4) is 0 Å². The van der Waals surface area contributed by atoms with Gasteiger partial charge in [0, 0.05) is 11.3 Å². The second kappa shape index (κ2) is 11.8. The standard InChI is InChI=1S/C30H36N6O5S/c1-18-9-8-10-22(13-18)31-29(38)25-17-36(35-33-25)26-14-20(12-11-19(26)2)28(37)32-23-15-21(30(3,4)5)16-24(27(23)41-6)34-42(7,39)40/h8-16,25,34H,17H2,1-7H3,(H,31,38)(H,32,37). The number of anilines is 4. The fraction of sp³-hybridized carbons (Fsp3) is 0.333. The van der Waals surface area contributed by atoms with Gasteiger partial charge < -0.3 is 15.4 Å². The predicted molar refractivity (Wildman–Crippen MR) is 165 cm³/mol. The van der Waals surface area contributed by atoms with Crippen LogP contribution in [0, 0.1) is 13.8 Å². The van der Waals surface area contributed by atoms with Crippen molar-refractivity contribution < 1.29 is 22.7 Å². The van der Waals surface area contributed by atoms with Crippen LogP contribution < -0.4 is 25.1 Å². The molecule has 0 saturated heterocycles. The molecule has 3 aromatic carbocycles. The smallest absolute Gasteiger partial charge is 0.255 e. The van der Waals surface area contributed by atoms with Crippen molar-refractivity contribution >= 4 is 44.6 Å². The van der Waals surface area contributed by atoms with Crippen molar-refractivity contribution in [3.63, 3.8) is 0 Å². The molecule has 3 aromatic rings. The summed E-state index contributed by atoms with van der Waals surface area (Å²) in [5, 5.41) is 15.7. The number of carbonyl (C=O) groups is 2. The Labute approximate surface area is 246 Å². The van der Waals surface area contributed by atoms with Crippen LogP contribution in [-0.2, 0) is 20.2 Å². The van der Waals surface area contributed by atoms with Crippen molar-refractivity contribution in [1.29, 1.82) is 0 Å². The molecule has 0 radical (unpaired) electrons. The van der Waals surface area contributed by atoms with Gasteiger partial charge in [-0.2, -0.15) is 5.11 Å². The van der Waals surface area contributed by atoms with E-state index < -0.39 is 22.0 Å². The van der Waals surface area contributed by atoms with Crippen LogP contribution in [0.2, 0.25) is 0 Å². The van der Waals surface area contributed by atoms with E-state index in [0.717, 1.165) is 22.9 Å². The summed E-state index contributed by atoms with van der Waals surface area (Å²) in [6.45, 7) is 9.99. The molecule has 0 aromatic heterocycles. The van der Waals surface area contributed by atoms with Gasteiger partial charge in [-0.3, -0.25) is 14.3 Å². The topological polar surface area (TPSA) is 142 Å². The summed E-state index contributed by atoms with van der Waals surface area (Å²) < 4.78 is 32.1. The van der Waals surface area contributed by atoms with Crippen molar-refractivity contribution in [2.75, 3.05) is 40.3 Å². The highest BCUT2D eigenvalue weighted by molar-refractivity contribution is 7.92.